The largest absolute Gasteiger partial charge is 0.471 e. The normalized spacial score (nSPS) is 14.3. The zero-order valence-electron chi connectivity index (χ0n) is 12.2. The molecule has 0 N–H and O–H groups in total. The lowest BCUT2D eigenvalue weighted by atomic mass is 10.1. The molecule has 23 heavy (non-hydrogen) atoms. The van der Waals surface area contributed by atoms with Gasteiger partial charge in [0.2, 0.25) is 0 Å². The van der Waals surface area contributed by atoms with Crippen LogP contribution < -0.4 is 0 Å². The Labute approximate surface area is 131 Å². The van der Waals surface area contributed by atoms with Gasteiger partial charge in [-0.3, -0.25) is 0 Å². The number of alkyl halides is 3. The summed E-state index contributed by atoms with van der Waals surface area (Å²) < 4.78 is 57.5. The second-order valence-corrected chi connectivity index (χ2v) is 7.30. The molecule has 2 rings (SSSR count). The molecule has 0 bridgehead atoms. The van der Waals surface area contributed by atoms with Crippen LogP contribution >= 0.6 is 0 Å². The Morgan fingerprint density at radius 3 is 2.52 bits per heavy atom. The van der Waals surface area contributed by atoms with Crippen LogP contribution in [0.25, 0.3) is 0 Å². The summed E-state index contributed by atoms with van der Waals surface area (Å²) in [5, 5.41) is 3.30. The fourth-order valence-electron chi connectivity index (χ4n) is 1.78. The predicted octanol–water partition coefficient (Wildman–Crippen LogP) is 3.59. The fraction of sp³-hybridized carbons (Fsp3) is 0.286. The van der Waals surface area contributed by atoms with Crippen molar-refractivity contribution in [3.63, 3.8) is 0 Å². The van der Waals surface area contributed by atoms with E-state index in [4.69, 9.17) is 0 Å². The van der Waals surface area contributed by atoms with E-state index in [0.29, 0.717) is 11.3 Å². The molecule has 1 unspecified atom stereocenters. The van der Waals surface area contributed by atoms with Crippen LogP contribution in [0.2, 0.25) is 0 Å². The summed E-state index contributed by atoms with van der Waals surface area (Å²) in [5.74, 6) is -1.15. The molecule has 0 radical (unpaired) electrons. The first-order chi connectivity index (χ1) is 10.7. The van der Waals surface area contributed by atoms with Crippen LogP contribution in [0.4, 0.5) is 18.9 Å². The van der Waals surface area contributed by atoms with Gasteiger partial charge >= 0.3 is 12.1 Å². The quantitative estimate of drug-likeness (QED) is 0.777. The number of aromatic nitrogens is 2. The van der Waals surface area contributed by atoms with E-state index in [0.717, 1.165) is 0 Å². The Morgan fingerprint density at radius 1 is 1.35 bits per heavy atom. The highest BCUT2D eigenvalue weighted by atomic mass is 32.2. The van der Waals surface area contributed by atoms with Gasteiger partial charge in [0.15, 0.2) is 5.82 Å². The Balaban J connectivity index is 2.13. The van der Waals surface area contributed by atoms with Crippen molar-refractivity contribution in [1.82, 2.24) is 10.1 Å². The summed E-state index contributed by atoms with van der Waals surface area (Å²) >= 11 is 0. The Bertz CT molecular complexity index is 803. The molecule has 0 saturated carbocycles. The second kappa shape index (κ2) is 6.53. The van der Waals surface area contributed by atoms with Gasteiger partial charge < -0.3 is 4.52 Å². The molecule has 0 spiro atoms. The second-order valence-electron chi connectivity index (χ2n) is 4.86. The van der Waals surface area contributed by atoms with Gasteiger partial charge in [0.25, 0.3) is 0 Å². The van der Waals surface area contributed by atoms with Crippen molar-refractivity contribution in [3.05, 3.63) is 54.2 Å². The van der Waals surface area contributed by atoms with Crippen LogP contribution in [0, 0.1) is 0 Å². The molecular weight excluding hydrogens is 331 g/mol. The summed E-state index contributed by atoms with van der Waals surface area (Å²) in [6.45, 7) is 3.53. The van der Waals surface area contributed by atoms with Crippen molar-refractivity contribution in [3.8, 4) is 0 Å². The minimum absolute atomic E-state index is 0.0621. The number of rotatable bonds is 5. The summed E-state index contributed by atoms with van der Waals surface area (Å²) in [4.78, 5) is 3.30. The Kier molecular flexibility index (Phi) is 4.88. The zero-order valence-corrected chi connectivity index (χ0v) is 13.0. The van der Waals surface area contributed by atoms with Crippen molar-refractivity contribution in [1.29, 1.82) is 0 Å². The van der Waals surface area contributed by atoms with E-state index in [1.54, 1.807) is 24.3 Å². The molecule has 124 valence electrons. The Morgan fingerprint density at radius 2 is 2.00 bits per heavy atom. The van der Waals surface area contributed by atoms with Gasteiger partial charge in [-0.25, -0.2) is 4.21 Å². The number of halogens is 3. The van der Waals surface area contributed by atoms with Gasteiger partial charge in [0.1, 0.15) is 0 Å². The molecule has 1 aromatic heterocycles. The molecule has 9 heteroatoms. The molecule has 0 amide bonds. The van der Waals surface area contributed by atoms with E-state index in [-0.39, 0.29) is 18.0 Å². The molecule has 0 saturated heterocycles. The lowest BCUT2D eigenvalue weighted by Crippen LogP contribution is -2.05. The van der Waals surface area contributed by atoms with E-state index in [2.05, 4.69) is 25.6 Å². The topological polar surface area (TPSA) is 68.3 Å². The van der Waals surface area contributed by atoms with Gasteiger partial charge in [0, 0.05) is 18.4 Å². The number of benzene rings is 1. The minimum atomic E-state index is -4.65. The minimum Gasteiger partial charge on any atom is -0.329 e. The van der Waals surface area contributed by atoms with Crippen molar-refractivity contribution >= 4 is 15.4 Å². The molecule has 1 atom stereocenters. The first kappa shape index (κ1) is 17.2. The maximum atomic E-state index is 12.4. The highest BCUT2D eigenvalue weighted by Gasteiger charge is 2.38. The van der Waals surface area contributed by atoms with Crippen molar-refractivity contribution in [2.24, 2.45) is 4.36 Å². The molecule has 0 aliphatic carbocycles. The number of nitrogens with zero attached hydrogens (tertiary/aromatic N) is 3. The zero-order chi connectivity index (χ0) is 17.1. The predicted molar refractivity (Wildman–Crippen MR) is 79.8 cm³/mol. The molecule has 1 heterocycles. The van der Waals surface area contributed by atoms with E-state index in [1.165, 1.54) is 12.3 Å². The molecule has 2 aromatic rings. The van der Waals surface area contributed by atoms with Crippen molar-refractivity contribution in [2.75, 3.05) is 12.0 Å². The lowest BCUT2D eigenvalue weighted by molar-refractivity contribution is -0.159. The van der Waals surface area contributed by atoms with Gasteiger partial charge in [-0.2, -0.15) is 22.5 Å². The van der Waals surface area contributed by atoms with E-state index in [1.807, 2.05) is 0 Å². The maximum absolute atomic E-state index is 12.4. The van der Waals surface area contributed by atoms with Crippen LogP contribution in [0.15, 0.2) is 45.8 Å². The molecule has 5 nitrogen and oxygen atoms in total. The lowest BCUT2D eigenvalue weighted by Gasteiger charge is -2.02. The van der Waals surface area contributed by atoms with Gasteiger partial charge in [-0.1, -0.05) is 23.4 Å². The van der Waals surface area contributed by atoms with Crippen molar-refractivity contribution < 1.29 is 21.9 Å². The summed E-state index contributed by atoms with van der Waals surface area (Å²) in [5.41, 5.74) is 1.21. The molecule has 1 aromatic carbocycles. The molecular formula is C14H14F3N3O2S. The van der Waals surface area contributed by atoms with E-state index >= 15 is 0 Å². The average molecular weight is 345 g/mol. The summed E-state index contributed by atoms with van der Waals surface area (Å²) in [7, 11) is -2.38. The summed E-state index contributed by atoms with van der Waals surface area (Å²) in [6.07, 6.45) is -1.50. The fourth-order valence-corrected chi connectivity index (χ4v) is 2.86. The standard InChI is InChI=1S/C14H14F3N3O2S/c1-3-8-23(2,21)20-11-6-4-10(5-7-11)9-12-18-13(22-19-12)14(15,16)17/h3-7H,1,8-9H2,2H3. The van der Waals surface area contributed by atoms with Gasteiger partial charge in [-0.05, 0) is 17.7 Å². The number of hydrogen-bond donors (Lipinski definition) is 0. The molecule has 0 aliphatic heterocycles. The maximum Gasteiger partial charge on any atom is 0.471 e. The third-order valence-electron chi connectivity index (χ3n) is 2.73. The van der Waals surface area contributed by atoms with Gasteiger partial charge in [-0.15, -0.1) is 6.58 Å². The van der Waals surface area contributed by atoms with E-state index < -0.39 is 21.8 Å². The van der Waals surface area contributed by atoms with Crippen LogP contribution in [0.5, 0.6) is 0 Å². The van der Waals surface area contributed by atoms with Crippen LogP contribution in [-0.2, 0) is 22.3 Å². The third-order valence-corrected chi connectivity index (χ3v) is 4.19. The van der Waals surface area contributed by atoms with Gasteiger partial charge in [0.05, 0.1) is 15.4 Å². The number of hydrogen-bond acceptors (Lipinski definition) is 5. The van der Waals surface area contributed by atoms with Crippen LogP contribution in [0.1, 0.15) is 17.3 Å². The van der Waals surface area contributed by atoms with Crippen molar-refractivity contribution in [2.45, 2.75) is 12.6 Å². The monoisotopic (exact) mass is 345 g/mol. The highest BCUT2D eigenvalue weighted by molar-refractivity contribution is 7.93. The molecule has 0 fully saturated rings. The first-order valence-corrected chi connectivity index (χ1v) is 8.58. The van der Waals surface area contributed by atoms with E-state index in [9.17, 15) is 17.4 Å². The SMILES string of the molecule is C=CCS(C)(=O)=Nc1ccc(Cc2noc(C(F)(F)F)n2)cc1. The van der Waals surface area contributed by atoms with Crippen LogP contribution in [0.3, 0.4) is 0 Å². The average Bonchev–Trinajstić information content (AvgIpc) is 2.89. The summed E-state index contributed by atoms with van der Waals surface area (Å²) in [6, 6.07) is 6.58. The first-order valence-electron chi connectivity index (χ1n) is 6.49. The smallest absolute Gasteiger partial charge is 0.329 e. The highest BCUT2D eigenvalue weighted by Crippen LogP contribution is 2.27. The molecule has 0 aliphatic rings. The Hall–Kier alpha value is -2.16. The third kappa shape index (κ3) is 4.92. The van der Waals surface area contributed by atoms with Crippen LogP contribution in [-0.4, -0.2) is 26.4 Å².